The molecule has 2 rings (SSSR count). The first-order valence-corrected chi connectivity index (χ1v) is 6.26. The Kier molecular flexibility index (Phi) is 4.06. The Hall–Kier alpha value is -2.24. The standard InChI is InChI=1S/C15H14F4N2/c1-9(10-3-2-4-11(16)7-10)21-12-5-6-14(20)13(8-12)15(17,18)19/h2-9,21H,20H2,1H3. The van der Waals surface area contributed by atoms with E-state index in [2.05, 4.69) is 5.32 Å². The highest BCUT2D eigenvalue weighted by Gasteiger charge is 2.33. The number of nitrogens with two attached hydrogens (primary N) is 1. The summed E-state index contributed by atoms with van der Waals surface area (Å²) >= 11 is 0. The van der Waals surface area contributed by atoms with Gasteiger partial charge in [0.25, 0.3) is 0 Å². The maximum Gasteiger partial charge on any atom is 0.418 e. The predicted molar refractivity (Wildman–Crippen MR) is 74.3 cm³/mol. The normalized spacial score (nSPS) is 13.0. The van der Waals surface area contributed by atoms with Crippen molar-refractivity contribution in [2.75, 3.05) is 11.1 Å². The van der Waals surface area contributed by atoms with Gasteiger partial charge in [0.05, 0.1) is 5.56 Å². The summed E-state index contributed by atoms with van der Waals surface area (Å²) in [5, 5.41) is 2.90. The van der Waals surface area contributed by atoms with Crippen molar-refractivity contribution in [1.29, 1.82) is 0 Å². The van der Waals surface area contributed by atoms with Crippen LogP contribution in [-0.4, -0.2) is 0 Å². The second kappa shape index (κ2) is 5.63. The van der Waals surface area contributed by atoms with Gasteiger partial charge in [-0.25, -0.2) is 4.39 Å². The van der Waals surface area contributed by atoms with Gasteiger partial charge in [0.2, 0.25) is 0 Å². The number of benzene rings is 2. The molecule has 0 bridgehead atoms. The molecule has 0 aliphatic carbocycles. The van der Waals surface area contributed by atoms with E-state index in [1.807, 2.05) is 0 Å². The van der Waals surface area contributed by atoms with E-state index in [4.69, 9.17) is 5.73 Å². The fraction of sp³-hybridized carbons (Fsp3) is 0.200. The van der Waals surface area contributed by atoms with Crippen LogP contribution in [0.15, 0.2) is 42.5 Å². The monoisotopic (exact) mass is 298 g/mol. The molecule has 0 aromatic heterocycles. The summed E-state index contributed by atoms with van der Waals surface area (Å²) in [6.07, 6.45) is -4.51. The molecule has 0 fully saturated rings. The second-order valence-corrected chi connectivity index (χ2v) is 4.72. The lowest BCUT2D eigenvalue weighted by molar-refractivity contribution is -0.136. The van der Waals surface area contributed by atoms with Crippen LogP contribution in [0.1, 0.15) is 24.1 Å². The van der Waals surface area contributed by atoms with Crippen LogP contribution in [-0.2, 0) is 6.18 Å². The minimum atomic E-state index is -4.51. The number of hydrogen-bond donors (Lipinski definition) is 2. The molecule has 1 unspecified atom stereocenters. The van der Waals surface area contributed by atoms with E-state index in [-0.39, 0.29) is 17.4 Å². The molecule has 0 heterocycles. The van der Waals surface area contributed by atoms with Gasteiger partial charge in [-0.3, -0.25) is 0 Å². The minimum absolute atomic E-state index is 0.272. The SMILES string of the molecule is CC(Nc1ccc(N)c(C(F)(F)F)c1)c1cccc(F)c1. The van der Waals surface area contributed by atoms with Crippen molar-refractivity contribution in [1.82, 2.24) is 0 Å². The van der Waals surface area contributed by atoms with Crippen LogP contribution < -0.4 is 11.1 Å². The number of nitrogen functional groups attached to an aromatic ring is 1. The van der Waals surface area contributed by atoms with Crippen LogP contribution in [0.4, 0.5) is 28.9 Å². The molecule has 2 nitrogen and oxygen atoms in total. The zero-order valence-electron chi connectivity index (χ0n) is 11.2. The van der Waals surface area contributed by atoms with Gasteiger partial charge in [0.15, 0.2) is 0 Å². The molecule has 2 aromatic rings. The van der Waals surface area contributed by atoms with Gasteiger partial charge in [-0.15, -0.1) is 0 Å². The third-order valence-corrected chi connectivity index (χ3v) is 3.09. The van der Waals surface area contributed by atoms with Crippen molar-refractivity contribution < 1.29 is 17.6 Å². The van der Waals surface area contributed by atoms with E-state index in [1.165, 1.54) is 24.3 Å². The summed E-state index contributed by atoms with van der Waals surface area (Å²) in [4.78, 5) is 0. The Morgan fingerprint density at radius 1 is 1.10 bits per heavy atom. The van der Waals surface area contributed by atoms with Crippen molar-refractivity contribution in [3.05, 3.63) is 59.4 Å². The summed E-state index contributed by atoms with van der Waals surface area (Å²) in [7, 11) is 0. The Morgan fingerprint density at radius 3 is 2.43 bits per heavy atom. The number of hydrogen-bond acceptors (Lipinski definition) is 2. The Bertz CT molecular complexity index is 638. The smallest absolute Gasteiger partial charge is 0.398 e. The largest absolute Gasteiger partial charge is 0.418 e. The van der Waals surface area contributed by atoms with Crippen LogP contribution in [0.2, 0.25) is 0 Å². The molecule has 0 amide bonds. The first kappa shape index (κ1) is 15.2. The Labute approximate surface area is 119 Å². The van der Waals surface area contributed by atoms with E-state index in [0.29, 0.717) is 5.56 Å². The van der Waals surface area contributed by atoms with E-state index in [0.717, 1.165) is 6.07 Å². The molecule has 1 atom stereocenters. The van der Waals surface area contributed by atoms with Crippen molar-refractivity contribution in [3.8, 4) is 0 Å². The van der Waals surface area contributed by atoms with E-state index in [9.17, 15) is 17.6 Å². The highest BCUT2D eigenvalue weighted by atomic mass is 19.4. The highest BCUT2D eigenvalue weighted by molar-refractivity contribution is 5.59. The molecule has 0 saturated heterocycles. The summed E-state index contributed by atoms with van der Waals surface area (Å²) < 4.78 is 51.5. The zero-order chi connectivity index (χ0) is 15.6. The molecule has 0 saturated carbocycles. The van der Waals surface area contributed by atoms with E-state index in [1.54, 1.807) is 19.1 Å². The molecule has 2 aromatic carbocycles. The topological polar surface area (TPSA) is 38.0 Å². The molecule has 6 heteroatoms. The average Bonchev–Trinajstić information content (AvgIpc) is 2.39. The van der Waals surface area contributed by atoms with Crippen LogP contribution in [0.3, 0.4) is 0 Å². The molecular formula is C15H14F4N2. The molecule has 0 radical (unpaired) electrons. The molecule has 3 N–H and O–H groups in total. The second-order valence-electron chi connectivity index (χ2n) is 4.72. The van der Waals surface area contributed by atoms with Gasteiger partial charge in [0, 0.05) is 17.4 Å². The fourth-order valence-electron chi connectivity index (χ4n) is 2.00. The van der Waals surface area contributed by atoms with Crippen molar-refractivity contribution in [2.45, 2.75) is 19.1 Å². The van der Waals surface area contributed by atoms with Crippen molar-refractivity contribution in [3.63, 3.8) is 0 Å². The van der Waals surface area contributed by atoms with Gasteiger partial charge >= 0.3 is 6.18 Å². The van der Waals surface area contributed by atoms with Gasteiger partial charge in [-0.2, -0.15) is 13.2 Å². The third-order valence-electron chi connectivity index (χ3n) is 3.09. The highest BCUT2D eigenvalue weighted by Crippen LogP contribution is 2.35. The van der Waals surface area contributed by atoms with Gasteiger partial charge < -0.3 is 11.1 Å². The summed E-state index contributed by atoms with van der Waals surface area (Å²) in [6.45, 7) is 1.73. The summed E-state index contributed by atoms with van der Waals surface area (Å²) in [5.41, 5.74) is 5.03. The molecule has 0 spiro atoms. The minimum Gasteiger partial charge on any atom is -0.398 e. The lowest BCUT2D eigenvalue weighted by Crippen LogP contribution is -2.11. The number of halogens is 4. The van der Waals surface area contributed by atoms with Crippen LogP contribution in [0.5, 0.6) is 0 Å². The van der Waals surface area contributed by atoms with Gasteiger partial charge in [-0.1, -0.05) is 12.1 Å². The van der Waals surface area contributed by atoms with Crippen molar-refractivity contribution in [2.24, 2.45) is 0 Å². The lowest BCUT2D eigenvalue weighted by Gasteiger charge is -2.18. The molecule has 112 valence electrons. The van der Waals surface area contributed by atoms with E-state index < -0.39 is 17.6 Å². The van der Waals surface area contributed by atoms with Gasteiger partial charge in [-0.05, 0) is 42.8 Å². The number of rotatable bonds is 3. The lowest BCUT2D eigenvalue weighted by atomic mass is 10.1. The maximum atomic E-state index is 13.1. The first-order chi connectivity index (χ1) is 9.77. The van der Waals surface area contributed by atoms with Gasteiger partial charge in [0.1, 0.15) is 5.82 Å². The fourth-order valence-corrected chi connectivity index (χ4v) is 2.00. The van der Waals surface area contributed by atoms with Crippen molar-refractivity contribution >= 4 is 11.4 Å². The van der Waals surface area contributed by atoms with Crippen LogP contribution in [0.25, 0.3) is 0 Å². The number of alkyl halides is 3. The Balaban J connectivity index is 2.24. The van der Waals surface area contributed by atoms with E-state index >= 15 is 0 Å². The Morgan fingerprint density at radius 2 is 1.81 bits per heavy atom. The average molecular weight is 298 g/mol. The van der Waals surface area contributed by atoms with Crippen LogP contribution >= 0.6 is 0 Å². The molecule has 0 aliphatic heterocycles. The predicted octanol–water partition coefficient (Wildman–Crippen LogP) is 4.60. The summed E-state index contributed by atoms with van der Waals surface area (Å²) in [5.74, 6) is -0.394. The van der Waals surface area contributed by atoms with Crippen LogP contribution in [0, 0.1) is 5.82 Å². The third kappa shape index (κ3) is 3.65. The number of nitrogens with one attached hydrogen (secondary N) is 1. The molecular weight excluding hydrogens is 284 g/mol. The summed E-state index contributed by atoms with van der Waals surface area (Å²) in [6, 6.07) is 9.15. The first-order valence-electron chi connectivity index (χ1n) is 6.26. The number of anilines is 2. The molecule has 0 aliphatic rings. The quantitative estimate of drug-likeness (QED) is 0.642. The maximum absolute atomic E-state index is 13.1. The molecule has 21 heavy (non-hydrogen) atoms. The zero-order valence-corrected chi connectivity index (χ0v) is 11.2.